The Balaban J connectivity index is 2.13. The molecule has 2 aromatic rings. The number of ether oxygens (including phenoxy) is 1. The third-order valence-electron chi connectivity index (χ3n) is 2.79. The zero-order valence-corrected chi connectivity index (χ0v) is 10.9. The van der Waals surface area contributed by atoms with Gasteiger partial charge in [-0.2, -0.15) is 13.2 Å². The van der Waals surface area contributed by atoms with Gasteiger partial charge in [-0.3, -0.25) is 10.1 Å². The molecule has 0 amide bonds. The van der Waals surface area contributed by atoms with Crippen LogP contribution >= 0.6 is 0 Å². The Morgan fingerprint density at radius 2 is 1.73 bits per heavy atom. The van der Waals surface area contributed by atoms with E-state index in [0.29, 0.717) is 5.56 Å². The van der Waals surface area contributed by atoms with Crippen molar-refractivity contribution in [3.8, 4) is 5.75 Å². The largest absolute Gasteiger partial charge is 0.482 e. The Hall–Kier alpha value is -2.64. The zero-order valence-electron chi connectivity index (χ0n) is 10.9. The van der Waals surface area contributed by atoms with Crippen molar-refractivity contribution in [3.63, 3.8) is 0 Å². The van der Waals surface area contributed by atoms with Crippen LogP contribution in [-0.2, 0) is 12.8 Å². The molecule has 4 nitrogen and oxygen atoms in total. The maximum atomic E-state index is 13.1. The molecule has 0 unspecified atom stereocenters. The normalized spacial score (nSPS) is 11.3. The molecular formula is C14H9F4NO3. The number of nitrogens with zero attached hydrogens (tertiary/aromatic N) is 1. The molecule has 22 heavy (non-hydrogen) atoms. The van der Waals surface area contributed by atoms with Crippen LogP contribution in [0.5, 0.6) is 5.75 Å². The van der Waals surface area contributed by atoms with Crippen LogP contribution in [-0.4, -0.2) is 4.92 Å². The third-order valence-corrected chi connectivity index (χ3v) is 2.79. The van der Waals surface area contributed by atoms with Crippen molar-refractivity contribution < 1.29 is 27.2 Å². The van der Waals surface area contributed by atoms with E-state index in [9.17, 15) is 27.7 Å². The molecular weight excluding hydrogens is 306 g/mol. The topological polar surface area (TPSA) is 52.4 Å². The van der Waals surface area contributed by atoms with Gasteiger partial charge < -0.3 is 4.74 Å². The molecule has 0 aliphatic rings. The highest BCUT2D eigenvalue weighted by molar-refractivity contribution is 5.46. The molecule has 0 spiro atoms. The molecule has 0 saturated carbocycles. The van der Waals surface area contributed by atoms with Crippen LogP contribution in [0.4, 0.5) is 23.2 Å². The summed E-state index contributed by atoms with van der Waals surface area (Å²) in [6.07, 6.45) is -4.44. The monoisotopic (exact) mass is 315 g/mol. The predicted molar refractivity (Wildman–Crippen MR) is 68.8 cm³/mol. The van der Waals surface area contributed by atoms with Gasteiger partial charge in [-0.25, -0.2) is 4.39 Å². The van der Waals surface area contributed by atoms with Gasteiger partial charge in [0.05, 0.1) is 10.5 Å². The van der Waals surface area contributed by atoms with E-state index < -0.39 is 28.2 Å². The van der Waals surface area contributed by atoms with Crippen molar-refractivity contribution in [2.45, 2.75) is 12.8 Å². The molecule has 0 aliphatic heterocycles. The highest BCUT2D eigenvalue weighted by Gasteiger charge is 2.29. The van der Waals surface area contributed by atoms with E-state index in [1.54, 1.807) is 0 Å². The third kappa shape index (κ3) is 3.72. The number of hydrogen-bond acceptors (Lipinski definition) is 3. The minimum Gasteiger partial charge on any atom is -0.482 e. The molecule has 0 aromatic heterocycles. The van der Waals surface area contributed by atoms with E-state index >= 15 is 0 Å². The molecule has 2 aromatic carbocycles. The van der Waals surface area contributed by atoms with Crippen LogP contribution in [0.3, 0.4) is 0 Å². The number of nitro groups is 1. The van der Waals surface area contributed by atoms with Gasteiger partial charge >= 0.3 is 11.9 Å². The molecule has 8 heteroatoms. The Kier molecular flexibility index (Phi) is 4.30. The van der Waals surface area contributed by atoms with Crippen LogP contribution in [0.2, 0.25) is 0 Å². The van der Waals surface area contributed by atoms with Crippen LogP contribution < -0.4 is 4.74 Å². The fourth-order valence-electron chi connectivity index (χ4n) is 1.71. The molecule has 0 saturated heterocycles. The fraction of sp³-hybridized carbons (Fsp3) is 0.143. The summed E-state index contributed by atoms with van der Waals surface area (Å²) in [5, 5.41) is 10.8. The lowest BCUT2D eigenvalue weighted by atomic mass is 10.1. The van der Waals surface area contributed by atoms with Gasteiger partial charge in [0.15, 0.2) is 5.75 Å². The smallest absolute Gasteiger partial charge is 0.416 e. The lowest BCUT2D eigenvalue weighted by molar-refractivity contribution is -0.386. The van der Waals surface area contributed by atoms with Gasteiger partial charge in [0.2, 0.25) is 0 Å². The van der Waals surface area contributed by atoms with Crippen LogP contribution in [0, 0.1) is 15.9 Å². The summed E-state index contributed by atoms with van der Waals surface area (Å²) < 4.78 is 55.4. The summed E-state index contributed by atoms with van der Waals surface area (Å²) in [6.45, 7) is -0.220. The lowest BCUT2D eigenvalue weighted by Gasteiger charge is -2.09. The molecule has 0 aliphatic carbocycles. The molecule has 116 valence electrons. The molecule has 2 rings (SSSR count). The lowest BCUT2D eigenvalue weighted by Crippen LogP contribution is -2.05. The SMILES string of the molecule is O=[N+]([O-])c1ccc(F)cc1OCc1ccc(C(F)(F)F)cc1. The number of rotatable bonds is 4. The Morgan fingerprint density at radius 3 is 2.27 bits per heavy atom. The molecule has 0 atom stereocenters. The van der Waals surface area contributed by atoms with Crippen molar-refractivity contribution in [1.29, 1.82) is 0 Å². The van der Waals surface area contributed by atoms with Gasteiger partial charge in [0, 0.05) is 12.1 Å². The van der Waals surface area contributed by atoms with Gasteiger partial charge in [0.1, 0.15) is 12.4 Å². The minimum absolute atomic E-state index is 0.220. The zero-order chi connectivity index (χ0) is 16.3. The van der Waals surface area contributed by atoms with Crippen molar-refractivity contribution in [3.05, 3.63) is 69.5 Å². The van der Waals surface area contributed by atoms with Crippen molar-refractivity contribution in [2.24, 2.45) is 0 Å². The van der Waals surface area contributed by atoms with E-state index in [2.05, 4.69) is 0 Å². The highest BCUT2D eigenvalue weighted by atomic mass is 19.4. The van der Waals surface area contributed by atoms with E-state index in [1.807, 2.05) is 0 Å². The van der Waals surface area contributed by atoms with Crippen molar-refractivity contribution in [2.75, 3.05) is 0 Å². The van der Waals surface area contributed by atoms with E-state index in [0.717, 1.165) is 30.3 Å². The molecule has 0 heterocycles. The first-order chi connectivity index (χ1) is 10.3. The summed E-state index contributed by atoms with van der Waals surface area (Å²) in [6, 6.07) is 6.85. The van der Waals surface area contributed by atoms with Crippen molar-refractivity contribution in [1.82, 2.24) is 0 Å². The second-order valence-electron chi connectivity index (χ2n) is 4.35. The summed E-state index contributed by atoms with van der Waals surface area (Å²) >= 11 is 0. The first kappa shape index (κ1) is 15.7. The maximum Gasteiger partial charge on any atom is 0.416 e. The first-order valence-corrected chi connectivity index (χ1v) is 6.00. The summed E-state index contributed by atoms with van der Waals surface area (Å²) in [5.41, 5.74) is -0.868. The summed E-state index contributed by atoms with van der Waals surface area (Å²) in [4.78, 5) is 10.0. The number of alkyl halides is 3. The Bertz CT molecular complexity index is 683. The second kappa shape index (κ2) is 6.00. The quantitative estimate of drug-likeness (QED) is 0.479. The maximum absolute atomic E-state index is 13.1. The number of halogens is 4. The fourth-order valence-corrected chi connectivity index (χ4v) is 1.71. The first-order valence-electron chi connectivity index (χ1n) is 6.00. The van der Waals surface area contributed by atoms with E-state index in [-0.39, 0.29) is 12.4 Å². The number of nitro benzene ring substituents is 1. The molecule has 0 N–H and O–H groups in total. The molecule has 0 radical (unpaired) electrons. The second-order valence-corrected chi connectivity index (χ2v) is 4.35. The van der Waals surface area contributed by atoms with E-state index in [4.69, 9.17) is 4.74 Å². The standard InChI is InChI=1S/C14H9F4NO3/c15-11-5-6-12(19(20)21)13(7-11)22-8-9-1-3-10(4-2-9)14(16,17)18/h1-7H,8H2. The average molecular weight is 315 g/mol. The molecule has 0 fully saturated rings. The summed E-state index contributed by atoms with van der Waals surface area (Å²) in [7, 11) is 0. The number of hydrogen-bond donors (Lipinski definition) is 0. The molecule has 0 bridgehead atoms. The number of benzene rings is 2. The van der Waals surface area contributed by atoms with Crippen LogP contribution in [0.25, 0.3) is 0 Å². The Labute approximate surface area is 122 Å². The van der Waals surface area contributed by atoms with Gasteiger partial charge in [-0.05, 0) is 23.8 Å². The Morgan fingerprint density at radius 1 is 1.09 bits per heavy atom. The van der Waals surface area contributed by atoms with Gasteiger partial charge in [0.25, 0.3) is 0 Å². The minimum atomic E-state index is -4.44. The average Bonchev–Trinajstić information content (AvgIpc) is 2.44. The van der Waals surface area contributed by atoms with Crippen LogP contribution in [0.1, 0.15) is 11.1 Å². The van der Waals surface area contributed by atoms with Crippen molar-refractivity contribution >= 4 is 5.69 Å². The van der Waals surface area contributed by atoms with Crippen LogP contribution in [0.15, 0.2) is 42.5 Å². The van der Waals surface area contributed by atoms with E-state index in [1.165, 1.54) is 12.1 Å². The highest BCUT2D eigenvalue weighted by Crippen LogP contribution is 2.30. The summed E-state index contributed by atoms with van der Waals surface area (Å²) in [5.74, 6) is -1.00. The van der Waals surface area contributed by atoms with Gasteiger partial charge in [-0.15, -0.1) is 0 Å². The van der Waals surface area contributed by atoms with Gasteiger partial charge in [-0.1, -0.05) is 12.1 Å². The predicted octanol–water partition coefficient (Wildman–Crippen LogP) is 4.33.